The van der Waals surface area contributed by atoms with Gasteiger partial charge in [-0.15, -0.1) is 11.3 Å². The summed E-state index contributed by atoms with van der Waals surface area (Å²) >= 11 is 1.37. The zero-order valence-electron chi connectivity index (χ0n) is 11.9. The highest BCUT2D eigenvalue weighted by Gasteiger charge is 2.13. The van der Waals surface area contributed by atoms with Crippen LogP contribution < -0.4 is 10.1 Å². The van der Waals surface area contributed by atoms with Gasteiger partial charge in [-0.3, -0.25) is 9.59 Å². The zero-order valence-corrected chi connectivity index (χ0v) is 12.8. The molecule has 0 aliphatic carbocycles. The molecule has 1 rings (SSSR count). The van der Waals surface area contributed by atoms with Gasteiger partial charge in [-0.25, -0.2) is 0 Å². The standard InChI is InChI=1S/C14H21NO4S/c1-3-19-11-8-10-20-13(11)14(17)15-9-6-4-5-7-12(16)18-2/h8,10H,3-7,9H2,1-2H3,(H,15,17). The van der Waals surface area contributed by atoms with Gasteiger partial charge in [-0.1, -0.05) is 6.42 Å². The van der Waals surface area contributed by atoms with E-state index in [0.717, 1.165) is 19.3 Å². The lowest BCUT2D eigenvalue weighted by Gasteiger charge is -2.06. The Bertz CT molecular complexity index is 431. The molecule has 0 unspecified atom stereocenters. The second-order valence-electron chi connectivity index (χ2n) is 4.19. The van der Waals surface area contributed by atoms with Crippen molar-refractivity contribution in [2.45, 2.75) is 32.6 Å². The van der Waals surface area contributed by atoms with Crippen LogP contribution in [0.3, 0.4) is 0 Å². The lowest BCUT2D eigenvalue weighted by atomic mass is 10.2. The Balaban J connectivity index is 2.20. The Labute approximate surface area is 123 Å². The van der Waals surface area contributed by atoms with E-state index in [1.807, 2.05) is 12.3 Å². The highest BCUT2D eigenvalue weighted by atomic mass is 32.1. The van der Waals surface area contributed by atoms with Crippen LogP contribution in [0.5, 0.6) is 5.75 Å². The van der Waals surface area contributed by atoms with Crippen LogP contribution >= 0.6 is 11.3 Å². The first-order valence-electron chi connectivity index (χ1n) is 6.74. The van der Waals surface area contributed by atoms with Crippen molar-refractivity contribution >= 4 is 23.2 Å². The Kier molecular flexibility index (Phi) is 7.72. The molecule has 20 heavy (non-hydrogen) atoms. The summed E-state index contributed by atoms with van der Waals surface area (Å²) in [7, 11) is 1.39. The van der Waals surface area contributed by atoms with Crippen LogP contribution in [-0.4, -0.2) is 32.1 Å². The number of thiophene rings is 1. The molecule has 0 aliphatic rings. The van der Waals surface area contributed by atoms with Crippen molar-refractivity contribution in [2.24, 2.45) is 0 Å². The highest BCUT2D eigenvalue weighted by Crippen LogP contribution is 2.24. The first kappa shape index (κ1) is 16.5. The van der Waals surface area contributed by atoms with Crippen LogP contribution in [0.2, 0.25) is 0 Å². The van der Waals surface area contributed by atoms with Gasteiger partial charge in [-0.2, -0.15) is 0 Å². The third kappa shape index (κ3) is 5.61. The number of hydrogen-bond acceptors (Lipinski definition) is 5. The van der Waals surface area contributed by atoms with Crippen molar-refractivity contribution in [1.82, 2.24) is 5.32 Å². The molecule has 0 radical (unpaired) electrons. The van der Waals surface area contributed by atoms with E-state index >= 15 is 0 Å². The Morgan fingerprint density at radius 3 is 2.80 bits per heavy atom. The number of unbranched alkanes of at least 4 members (excludes halogenated alkanes) is 2. The van der Waals surface area contributed by atoms with Crippen LogP contribution in [0.4, 0.5) is 0 Å². The minimum atomic E-state index is -0.186. The maximum Gasteiger partial charge on any atom is 0.305 e. The summed E-state index contributed by atoms with van der Waals surface area (Å²) in [6.07, 6.45) is 2.95. The van der Waals surface area contributed by atoms with Crippen molar-refractivity contribution in [3.05, 3.63) is 16.3 Å². The quantitative estimate of drug-likeness (QED) is 0.562. The summed E-state index contributed by atoms with van der Waals surface area (Å²) in [4.78, 5) is 23.4. The molecule has 5 nitrogen and oxygen atoms in total. The average Bonchev–Trinajstić information content (AvgIpc) is 2.90. The number of carbonyl (C=O) groups is 2. The lowest BCUT2D eigenvalue weighted by molar-refractivity contribution is -0.140. The normalized spacial score (nSPS) is 10.1. The van der Waals surface area contributed by atoms with Gasteiger partial charge >= 0.3 is 5.97 Å². The first-order valence-corrected chi connectivity index (χ1v) is 7.62. The smallest absolute Gasteiger partial charge is 0.305 e. The van der Waals surface area contributed by atoms with Gasteiger partial charge in [0.15, 0.2) is 0 Å². The van der Waals surface area contributed by atoms with E-state index in [-0.39, 0.29) is 11.9 Å². The van der Waals surface area contributed by atoms with Crippen LogP contribution in [0.15, 0.2) is 11.4 Å². The van der Waals surface area contributed by atoms with Crippen molar-refractivity contribution in [1.29, 1.82) is 0 Å². The van der Waals surface area contributed by atoms with Gasteiger partial charge in [0.1, 0.15) is 10.6 Å². The number of nitrogens with one attached hydrogen (secondary N) is 1. The topological polar surface area (TPSA) is 64.6 Å². The first-order chi connectivity index (χ1) is 9.69. The summed E-state index contributed by atoms with van der Waals surface area (Å²) in [6.45, 7) is 3.04. The van der Waals surface area contributed by atoms with Gasteiger partial charge in [0.25, 0.3) is 5.91 Å². The maximum absolute atomic E-state index is 11.9. The van der Waals surface area contributed by atoms with E-state index in [1.54, 1.807) is 6.07 Å². The van der Waals surface area contributed by atoms with E-state index in [9.17, 15) is 9.59 Å². The molecular weight excluding hydrogens is 278 g/mol. The third-order valence-electron chi connectivity index (χ3n) is 2.71. The minimum Gasteiger partial charge on any atom is -0.492 e. The summed E-state index contributed by atoms with van der Waals surface area (Å²) in [5.41, 5.74) is 0. The van der Waals surface area contributed by atoms with Crippen LogP contribution in [0.1, 0.15) is 42.3 Å². The zero-order chi connectivity index (χ0) is 14.8. The molecular formula is C14H21NO4S. The number of ether oxygens (including phenoxy) is 2. The number of methoxy groups -OCH3 is 1. The fourth-order valence-corrected chi connectivity index (χ4v) is 2.44. The van der Waals surface area contributed by atoms with E-state index in [4.69, 9.17) is 4.74 Å². The van der Waals surface area contributed by atoms with Crippen molar-refractivity contribution < 1.29 is 19.1 Å². The van der Waals surface area contributed by atoms with Crippen LogP contribution in [-0.2, 0) is 9.53 Å². The fraction of sp³-hybridized carbons (Fsp3) is 0.571. The molecule has 0 bridgehead atoms. The molecule has 1 heterocycles. The van der Waals surface area contributed by atoms with E-state index in [0.29, 0.717) is 30.2 Å². The number of carbonyl (C=O) groups excluding carboxylic acids is 2. The van der Waals surface area contributed by atoms with Gasteiger partial charge in [-0.05, 0) is 31.2 Å². The number of esters is 1. The molecule has 0 aromatic carbocycles. The second kappa shape index (κ2) is 9.36. The van der Waals surface area contributed by atoms with E-state index in [2.05, 4.69) is 10.1 Å². The second-order valence-corrected chi connectivity index (χ2v) is 5.11. The average molecular weight is 299 g/mol. The molecule has 112 valence electrons. The monoisotopic (exact) mass is 299 g/mol. The molecule has 0 spiro atoms. The molecule has 1 amide bonds. The largest absolute Gasteiger partial charge is 0.492 e. The Morgan fingerprint density at radius 1 is 1.30 bits per heavy atom. The Morgan fingerprint density at radius 2 is 2.10 bits per heavy atom. The summed E-state index contributed by atoms with van der Waals surface area (Å²) < 4.78 is 9.94. The summed E-state index contributed by atoms with van der Waals surface area (Å²) in [5.74, 6) is 0.353. The van der Waals surface area contributed by atoms with Crippen molar-refractivity contribution in [3.8, 4) is 5.75 Å². The highest BCUT2D eigenvalue weighted by molar-refractivity contribution is 7.12. The molecule has 0 saturated heterocycles. The molecule has 1 N–H and O–H groups in total. The molecule has 0 fully saturated rings. The Hall–Kier alpha value is -1.56. The van der Waals surface area contributed by atoms with Gasteiger partial charge in [0.2, 0.25) is 0 Å². The molecule has 0 saturated carbocycles. The maximum atomic E-state index is 11.9. The molecule has 0 aliphatic heterocycles. The van der Waals surface area contributed by atoms with Gasteiger partial charge < -0.3 is 14.8 Å². The lowest BCUT2D eigenvalue weighted by Crippen LogP contribution is -2.24. The predicted octanol–water partition coefficient (Wildman–Crippen LogP) is 2.61. The number of hydrogen-bond donors (Lipinski definition) is 1. The molecule has 0 atom stereocenters. The summed E-state index contributed by atoms with van der Waals surface area (Å²) in [6, 6.07) is 1.80. The van der Waals surface area contributed by atoms with Crippen molar-refractivity contribution in [2.75, 3.05) is 20.3 Å². The van der Waals surface area contributed by atoms with Gasteiger partial charge in [0, 0.05) is 13.0 Å². The third-order valence-corrected chi connectivity index (χ3v) is 3.60. The molecule has 1 aromatic heterocycles. The summed E-state index contributed by atoms with van der Waals surface area (Å²) in [5, 5.41) is 4.70. The SMILES string of the molecule is CCOc1ccsc1C(=O)NCCCCCC(=O)OC. The minimum absolute atomic E-state index is 0.101. The van der Waals surface area contributed by atoms with Crippen LogP contribution in [0.25, 0.3) is 0 Å². The van der Waals surface area contributed by atoms with E-state index in [1.165, 1.54) is 18.4 Å². The van der Waals surface area contributed by atoms with E-state index < -0.39 is 0 Å². The number of rotatable bonds is 9. The van der Waals surface area contributed by atoms with Crippen LogP contribution in [0, 0.1) is 0 Å². The fourth-order valence-electron chi connectivity index (χ4n) is 1.69. The molecule has 1 aromatic rings. The number of amides is 1. The predicted molar refractivity (Wildman–Crippen MR) is 78.3 cm³/mol. The van der Waals surface area contributed by atoms with Gasteiger partial charge in [0.05, 0.1) is 13.7 Å². The molecule has 6 heteroatoms. The van der Waals surface area contributed by atoms with Crippen molar-refractivity contribution in [3.63, 3.8) is 0 Å².